The van der Waals surface area contributed by atoms with Crippen LogP contribution in [-0.4, -0.2) is 17.5 Å². The lowest BCUT2D eigenvalue weighted by molar-refractivity contribution is -0.383. The van der Waals surface area contributed by atoms with E-state index in [4.69, 9.17) is 4.74 Å². The van der Waals surface area contributed by atoms with Crippen LogP contribution in [0.1, 0.15) is 68.9 Å². The van der Waals surface area contributed by atoms with Gasteiger partial charge in [-0.25, -0.2) is 4.79 Å². The number of hydrogen-bond donors (Lipinski definition) is 1. The van der Waals surface area contributed by atoms with Crippen molar-refractivity contribution in [2.24, 2.45) is 0 Å². The Morgan fingerprint density at radius 2 is 1.72 bits per heavy atom. The number of hydrogen-bond acceptors (Lipinski definition) is 5. The number of carbonyl (C=O) groups is 1. The van der Waals surface area contributed by atoms with Crippen molar-refractivity contribution in [2.45, 2.75) is 58.3 Å². The van der Waals surface area contributed by atoms with E-state index < -0.39 is 10.9 Å². The number of fused-ring (bicyclic) bond motifs is 1. The molecule has 0 unspecified atom stereocenters. The maximum atomic E-state index is 12.1. The second kappa shape index (κ2) is 7.50. The Morgan fingerprint density at radius 3 is 2.34 bits per heavy atom. The van der Waals surface area contributed by atoms with Gasteiger partial charge in [-0.15, -0.1) is 0 Å². The van der Waals surface area contributed by atoms with E-state index in [0.29, 0.717) is 0 Å². The molecule has 0 saturated carbocycles. The van der Waals surface area contributed by atoms with Crippen LogP contribution in [0, 0.1) is 10.1 Å². The normalized spacial score (nSPS) is 16.6. The summed E-state index contributed by atoms with van der Waals surface area (Å²) in [6.45, 7) is 10.9. The first-order valence-electron chi connectivity index (χ1n) is 9.93. The molecule has 0 saturated heterocycles. The van der Waals surface area contributed by atoms with E-state index >= 15 is 0 Å². The maximum absolute atomic E-state index is 12.1. The lowest BCUT2D eigenvalue weighted by Gasteiger charge is -2.42. The molecule has 0 radical (unpaired) electrons. The average Bonchev–Trinajstić information content (AvgIpc) is 2.65. The SMILES string of the molecule is CCOC(=O)c1ccc([N+](=O)[O-])c(Nc2ccc3c(c2)C(C)(C)CCC3(C)C)c1. The van der Waals surface area contributed by atoms with E-state index in [2.05, 4.69) is 45.1 Å². The van der Waals surface area contributed by atoms with Gasteiger partial charge in [-0.05, 0) is 66.0 Å². The zero-order valence-corrected chi connectivity index (χ0v) is 17.7. The van der Waals surface area contributed by atoms with Crippen molar-refractivity contribution in [3.63, 3.8) is 0 Å². The Kier molecular flexibility index (Phi) is 5.39. The van der Waals surface area contributed by atoms with Crippen LogP contribution >= 0.6 is 0 Å². The number of carbonyl (C=O) groups excluding carboxylic acids is 1. The van der Waals surface area contributed by atoms with Crippen LogP contribution in [0.3, 0.4) is 0 Å². The molecule has 0 fully saturated rings. The predicted octanol–water partition coefficient (Wildman–Crippen LogP) is 5.86. The molecule has 2 aromatic carbocycles. The number of benzene rings is 2. The van der Waals surface area contributed by atoms with Crippen LogP contribution in [0.4, 0.5) is 17.1 Å². The summed E-state index contributed by atoms with van der Waals surface area (Å²) in [5.74, 6) is -0.501. The highest BCUT2D eigenvalue weighted by Crippen LogP contribution is 2.46. The van der Waals surface area contributed by atoms with Crippen molar-refractivity contribution in [3.05, 3.63) is 63.2 Å². The summed E-state index contributed by atoms with van der Waals surface area (Å²) in [5, 5.41) is 14.6. The topological polar surface area (TPSA) is 81.5 Å². The Hall–Kier alpha value is -2.89. The van der Waals surface area contributed by atoms with E-state index in [1.807, 2.05) is 6.07 Å². The first kappa shape index (κ1) is 20.8. The van der Waals surface area contributed by atoms with Gasteiger partial charge in [0.2, 0.25) is 0 Å². The quantitative estimate of drug-likeness (QED) is 0.389. The van der Waals surface area contributed by atoms with Crippen molar-refractivity contribution in [1.82, 2.24) is 0 Å². The molecular weight excluding hydrogens is 368 g/mol. The minimum atomic E-state index is -0.501. The van der Waals surface area contributed by atoms with Crippen LogP contribution < -0.4 is 5.32 Å². The third kappa shape index (κ3) is 4.11. The summed E-state index contributed by atoms with van der Waals surface area (Å²) in [5.41, 5.74) is 3.92. The van der Waals surface area contributed by atoms with Gasteiger partial charge in [0.1, 0.15) is 5.69 Å². The number of ether oxygens (including phenoxy) is 1. The van der Waals surface area contributed by atoms with Gasteiger partial charge in [0.25, 0.3) is 5.69 Å². The molecule has 0 amide bonds. The second-order valence-corrected chi connectivity index (χ2v) is 8.86. The van der Waals surface area contributed by atoms with Gasteiger partial charge >= 0.3 is 5.97 Å². The van der Waals surface area contributed by atoms with Crippen LogP contribution in [0.2, 0.25) is 0 Å². The first-order chi connectivity index (χ1) is 13.5. The fourth-order valence-corrected chi connectivity index (χ4v) is 3.96. The number of nitrogens with zero attached hydrogens (tertiary/aromatic N) is 1. The molecule has 29 heavy (non-hydrogen) atoms. The molecule has 2 aromatic rings. The van der Waals surface area contributed by atoms with Gasteiger partial charge in [0, 0.05) is 11.8 Å². The van der Waals surface area contributed by atoms with Crippen molar-refractivity contribution in [1.29, 1.82) is 0 Å². The number of esters is 1. The highest BCUT2D eigenvalue weighted by atomic mass is 16.6. The highest BCUT2D eigenvalue weighted by Gasteiger charge is 2.37. The molecule has 0 bridgehead atoms. The molecule has 0 atom stereocenters. The van der Waals surface area contributed by atoms with E-state index in [1.54, 1.807) is 6.92 Å². The summed E-state index contributed by atoms with van der Waals surface area (Å²) in [4.78, 5) is 23.1. The van der Waals surface area contributed by atoms with Crippen molar-refractivity contribution >= 4 is 23.0 Å². The number of anilines is 2. The minimum absolute atomic E-state index is 0.0290. The lowest BCUT2D eigenvalue weighted by Crippen LogP contribution is -2.33. The van der Waals surface area contributed by atoms with E-state index in [-0.39, 0.29) is 34.4 Å². The second-order valence-electron chi connectivity index (χ2n) is 8.86. The van der Waals surface area contributed by atoms with Crippen molar-refractivity contribution in [3.8, 4) is 0 Å². The summed E-state index contributed by atoms with van der Waals surface area (Å²) < 4.78 is 5.02. The zero-order chi connectivity index (χ0) is 21.4. The number of nitro groups is 1. The molecule has 0 aromatic heterocycles. The zero-order valence-electron chi connectivity index (χ0n) is 17.7. The Balaban J connectivity index is 2.03. The molecule has 154 valence electrons. The smallest absolute Gasteiger partial charge is 0.338 e. The largest absolute Gasteiger partial charge is 0.462 e. The van der Waals surface area contributed by atoms with E-state index in [0.717, 1.165) is 18.5 Å². The minimum Gasteiger partial charge on any atom is -0.462 e. The van der Waals surface area contributed by atoms with Gasteiger partial charge in [-0.3, -0.25) is 10.1 Å². The molecule has 0 aliphatic heterocycles. The molecule has 6 nitrogen and oxygen atoms in total. The van der Waals surface area contributed by atoms with Gasteiger partial charge in [0.15, 0.2) is 0 Å². The monoisotopic (exact) mass is 396 g/mol. The van der Waals surface area contributed by atoms with Gasteiger partial charge < -0.3 is 10.1 Å². The van der Waals surface area contributed by atoms with Crippen LogP contribution in [-0.2, 0) is 15.6 Å². The molecule has 0 heterocycles. The fourth-order valence-electron chi connectivity index (χ4n) is 3.96. The number of rotatable bonds is 5. The first-order valence-corrected chi connectivity index (χ1v) is 9.93. The standard InChI is InChI=1S/C23H28N2O4/c1-6-29-21(26)15-7-10-20(25(27)28)19(13-15)24-16-8-9-17-18(14-16)23(4,5)12-11-22(17,2)3/h7-10,13-14,24H,6,11-12H2,1-5H3. The molecule has 1 aliphatic carbocycles. The molecule has 0 spiro atoms. The fraction of sp³-hybridized carbons (Fsp3) is 0.435. The van der Waals surface area contributed by atoms with Crippen LogP contribution in [0.15, 0.2) is 36.4 Å². The third-order valence-electron chi connectivity index (χ3n) is 5.84. The van der Waals surface area contributed by atoms with Crippen molar-refractivity contribution in [2.75, 3.05) is 11.9 Å². The Bertz CT molecular complexity index is 963. The summed E-state index contributed by atoms with van der Waals surface area (Å²) in [6.07, 6.45) is 2.20. The van der Waals surface area contributed by atoms with Gasteiger partial charge in [-0.2, -0.15) is 0 Å². The van der Waals surface area contributed by atoms with Crippen LogP contribution in [0.5, 0.6) is 0 Å². The lowest BCUT2D eigenvalue weighted by atomic mass is 9.63. The summed E-state index contributed by atoms with van der Waals surface area (Å²) in [7, 11) is 0. The summed E-state index contributed by atoms with van der Waals surface area (Å²) in [6, 6.07) is 10.4. The molecule has 3 rings (SSSR count). The maximum Gasteiger partial charge on any atom is 0.338 e. The number of nitro benzene ring substituents is 1. The third-order valence-corrected chi connectivity index (χ3v) is 5.84. The molecule has 1 aliphatic rings. The average molecular weight is 396 g/mol. The molecule has 6 heteroatoms. The Labute approximate surface area is 171 Å². The van der Waals surface area contributed by atoms with E-state index in [9.17, 15) is 14.9 Å². The predicted molar refractivity (Wildman–Crippen MR) is 114 cm³/mol. The molecule has 1 N–H and O–H groups in total. The van der Waals surface area contributed by atoms with Crippen LogP contribution in [0.25, 0.3) is 0 Å². The van der Waals surface area contributed by atoms with E-state index in [1.165, 1.54) is 29.3 Å². The van der Waals surface area contributed by atoms with Gasteiger partial charge in [-0.1, -0.05) is 33.8 Å². The number of nitrogens with one attached hydrogen (secondary N) is 1. The van der Waals surface area contributed by atoms with Crippen molar-refractivity contribution < 1.29 is 14.5 Å². The molecular formula is C23H28N2O4. The van der Waals surface area contributed by atoms with Gasteiger partial charge in [0.05, 0.1) is 17.1 Å². The summed E-state index contributed by atoms with van der Waals surface area (Å²) >= 11 is 0. The Morgan fingerprint density at radius 1 is 1.07 bits per heavy atom. The highest BCUT2D eigenvalue weighted by molar-refractivity contribution is 5.92.